The first-order chi connectivity index (χ1) is 12.9. The number of nitrogens with two attached hydrogens (primary N) is 1. The predicted molar refractivity (Wildman–Crippen MR) is 113 cm³/mol. The van der Waals surface area contributed by atoms with Crippen LogP contribution in [-0.4, -0.2) is 49.4 Å². The Morgan fingerprint density at radius 2 is 1.86 bits per heavy atom. The molecule has 2 aliphatic heterocycles. The lowest BCUT2D eigenvalue weighted by molar-refractivity contribution is -0.111. The molecule has 156 valence electrons. The maximum atomic E-state index is 12.8. The summed E-state index contributed by atoms with van der Waals surface area (Å²) in [5.74, 6) is 0.699. The van der Waals surface area contributed by atoms with Gasteiger partial charge in [0.05, 0.1) is 12.8 Å². The van der Waals surface area contributed by atoms with Crippen LogP contribution in [0.2, 0.25) is 0 Å². The summed E-state index contributed by atoms with van der Waals surface area (Å²) in [6.45, 7) is 15.0. The average Bonchev–Trinajstić information content (AvgIpc) is 2.96. The Bertz CT molecular complexity index is 750. The first kappa shape index (κ1) is 20.6. The number of ether oxygens (including phenoxy) is 2. The third kappa shape index (κ3) is 3.74. The van der Waals surface area contributed by atoms with E-state index in [2.05, 4.69) is 31.7 Å². The van der Waals surface area contributed by atoms with Crippen molar-refractivity contribution >= 4 is 17.5 Å². The largest absolute Gasteiger partial charge is 0.495 e. The van der Waals surface area contributed by atoms with Crippen LogP contribution < -0.4 is 15.4 Å². The number of likely N-dealkylation sites (tertiary alicyclic amines) is 1. The lowest BCUT2D eigenvalue weighted by Crippen LogP contribution is -2.71. The molecule has 0 aliphatic carbocycles. The van der Waals surface area contributed by atoms with Crippen molar-refractivity contribution in [2.24, 2.45) is 10.8 Å². The zero-order valence-corrected chi connectivity index (χ0v) is 18.3. The summed E-state index contributed by atoms with van der Waals surface area (Å²) in [7, 11) is 1.63. The summed E-state index contributed by atoms with van der Waals surface area (Å²) in [5, 5.41) is 0. The Labute approximate surface area is 169 Å². The molecule has 0 aromatic heterocycles. The van der Waals surface area contributed by atoms with Gasteiger partial charge in [0.2, 0.25) is 0 Å². The maximum Gasteiger partial charge on any atom is 0.410 e. The number of anilines is 2. The Morgan fingerprint density at radius 3 is 2.39 bits per heavy atom. The lowest BCUT2D eigenvalue weighted by atomic mass is 9.61. The van der Waals surface area contributed by atoms with Crippen LogP contribution in [0.1, 0.15) is 48.0 Å². The van der Waals surface area contributed by atoms with Gasteiger partial charge in [-0.15, -0.1) is 0 Å². The number of rotatable bonds is 2. The Hall–Kier alpha value is -2.11. The van der Waals surface area contributed by atoms with E-state index in [4.69, 9.17) is 15.2 Å². The highest BCUT2D eigenvalue weighted by molar-refractivity contribution is 5.71. The zero-order chi connectivity index (χ0) is 20.9. The molecule has 1 aromatic rings. The summed E-state index contributed by atoms with van der Waals surface area (Å²) in [6, 6.07) is 6.11. The quantitative estimate of drug-likeness (QED) is 0.770. The van der Waals surface area contributed by atoms with Gasteiger partial charge in [-0.05, 0) is 50.8 Å². The SMILES string of the molecule is COc1ccc(N2CCC3(C2)CN(C(=O)OC(C)(C)C)C3C(C)(C)C)cc1N. The molecule has 2 unspecified atom stereocenters. The van der Waals surface area contributed by atoms with Gasteiger partial charge >= 0.3 is 6.09 Å². The normalized spacial score (nSPS) is 25.0. The number of amides is 1. The highest BCUT2D eigenvalue weighted by Crippen LogP contribution is 2.53. The Morgan fingerprint density at radius 1 is 1.18 bits per heavy atom. The molecular formula is C22H35N3O3. The van der Waals surface area contributed by atoms with Gasteiger partial charge in [0.1, 0.15) is 11.4 Å². The van der Waals surface area contributed by atoms with Crippen molar-refractivity contribution in [2.45, 2.75) is 59.6 Å². The highest BCUT2D eigenvalue weighted by Gasteiger charge is 2.61. The van der Waals surface area contributed by atoms with E-state index in [9.17, 15) is 4.79 Å². The Kier molecular flexibility index (Phi) is 4.97. The third-order valence-electron chi connectivity index (χ3n) is 5.79. The standard InChI is InChI=1S/C22H35N3O3/c1-20(2,3)18-22(14-25(18)19(26)28-21(4,5)6)10-11-24(13-22)15-8-9-17(27-7)16(23)12-15/h8-9,12,18H,10-11,13-14,23H2,1-7H3. The first-order valence-electron chi connectivity index (χ1n) is 10.0. The number of benzene rings is 1. The summed E-state index contributed by atoms with van der Waals surface area (Å²) < 4.78 is 10.9. The van der Waals surface area contributed by atoms with Gasteiger partial charge in [-0.2, -0.15) is 0 Å². The second-order valence-electron chi connectivity index (χ2n) is 10.3. The van der Waals surface area contributed by atoms with Crippen LogP contribution in [0.3, 0.4) is 0 Å². The number of nitrogen functional groups attached to an aromatic ring is 1. The molecule has 6 heteroatoms. The minimum atomic E-state index is -0.482. The number of hydrogen-bond donors (Lipinski definition) is 1. The minimum absolute atomic E-state index is 0.0237. The molecule has 2 fully saturated rings. The van der Waals surface area contributed by atoms with Gasteiger partial charge in [0, 0.05) is 36.8 Å². The van der Waals surface area contributed by atoms with Gasteiger partial charge in [-0.25, -0.2) is 4.79 Å². The van der Waals surface area contributed by atoms with E-state index >= 15 is 0 Å². The van der Waals surface area contributed by atoms with E-state index in [1.807, 2.05) is 37.8 Å². The highest BCUT2D eigenvalue weighted by atomic mass is 16.6. The molecule has 1 aromatic carbocycles. The van der Waals surface area contributed by atoms with E-state index in [1.165, 1.54) is 0 Å². The number of methoxy groups -OCH3 is 1. The number of carbonyl (C=O) groups excluding carboxylic acids is 1. The van der Waals surface area contributed by atoms with Crippen LogP contribution in [0, 0.1) is 10.8 Å². The summed E-state index contributed by atoms with van der Waals surface area (Å²) in [4.78, 5) is 17.1. The van der Waals surface area contributed by atoms with E-state index in [0.29, 0.717) is 11.4 Å². The van der Waals surface area contributed by atoms with Crippen LogP contribution in [-0.2, 0) is 4.74 Å². The van der Waals surface area contributed by atoms with Crippen LogP contribution in [0.25, 0.3) is 0 Å². The number of nitrogens with zero attached hydrogens (tertiary/aromatic N) is 2. The summed E-state index contributed by atoms with van der Waals surface area (Å²) >= 11 is 0. The summed E-state index contributed by atoms with van der Waals surface area (Å²) in [5.41, 5.74) is 7.45. The monoisotopic (exact) mass is 389 g/mol. The molecule has 0 radical (unpaired) electrons. The van der Waals surface area contributed by atoms with Gasteiger partial charge in [-0.1, -0.05) is 20.8 Å². The molecule has 2 heterocycles. The van der Waals surface area contributed by atoms with Crippen molar-refractivity contribution in [2.75, 3.05) is 37.4 Å². The van der Waals surface area contributed by atoms with Crippen molar-refractivity contribution in [3.63, 3.8) is 0 Å². The third-order valence-corrected chi connectivity index (χ3v) is 5.79. The van der Waals surface area contributed by atoms with Crippen LogP contribution >= 0.6 is 0 Å². The molecular weight excluding hydrogens is 354 g/mol. The Balaban J connectivity index is 1.79. The number of carbonyl (C=O) groups is 1. The molecule has 1 spiro atoms. The summed E-state index contributed by atoms with van der Waals surface area (Å²) in [6.07, 6.45) is 0.852. The van der Waals surface area contributed by atoms with Crippen LogP contribution in [0.15, 0.2) is 18.2 Å². The second-order valence-corrected chi connectivity index (χ2v) is 10.3. The van der Waals surface area contributed by atoms with Gasteiger partial charge in [0.25, 0.3) is 0 Å². The molecule has 3 rings (SSSR count). The van der Waals surface area contributed by atoms with Gasteiger partial charge < -0.3 is 25.0 Å². The van der Waals surface area contributed by atoms with Crippen molar-refractivity contribution < 1.29 is 14.3 Å². The van der Waals surface area contributed by atoms with Crippen molar-refractivity contribution in [1.82, 2.24) is 4.90 Å². The molecule has 2 saturated heterocycles. The van der Waals surface area contributed by atoms with Crippen LogP contribution in [0.4, 0.5) is 16.2 Å². The average molecular weight is 390 g/mol. The molecule has 0 bridgehead atoms. The second kappa shape index (κ2) is 6.75. The smallest absolute Gasteiger partial charge is 0.410 e. The van der Waals surface area contributed by atoms with E-state index in [0.717, 1.165) is 31.7 Å². The fourth-order valence-electron chi connectivity index (χ4n) is 5.00. The lowest BCUT2D eigenvalue weighted by Gasteiger charge is -2.60. The maximum absolute atomic E-state index is 12.8. The number of hydrogen-bond acceptors (Lipinski definition) is 5. The van der Waals surface area contributed by atoms with E-state index in [1.54, 1.807) is 7.11 Å². The van der Waals surface area contributed by atoms with Gasteiger partial charge in [0.15, 0.2) is 0 Å². The minimum Gasteiger partial charge on any atom is -0.495 e. The molecule has 6 nitrogen and oxygen atoms in total. The van der Waals surface area contributed by atoms with E-state index in [-0.39, 0.29) is 23.0 Å². The molecule has 0 saturated carbocycles. The molecule has 1 amide bonds. The van der Waals surface area contributed by atoms with Crippen molar-refractivity contribution in [3.8, 4) is 5.75 Å². The molecule has 2 aliphatic rings. The van der Waals surface area contributed by atoms with Crippen molar-refractivity contribution in [3.05, 3.63) is 18.2 Å². The van der Waals surface area contributed by atoms with Crippen LogP contribution in [0.5, 0.6) is 5.75 Å². The van der Waals surface area contributed by atoms with Crippen molar-refractivity contribution in [1.29, 1.82) is 0 Å². The van der Waals surface area contributed by atoms with Gasteiger partial charge in [-0.3, -0.25) is 0 Å². The molecule has 2 N–H and O–H groups in total. The topological polar surface area (TPSA) is 68.0 Å². The predicted octanol–water partition coefficient (Wildman–Crippen LogP) is 4.14. The fourth-order valence-corrected chi connectivity index (χ4v) is 5.00. The van der Waals surface area contributed by atoms with E-state index < -0.39 is 5.60 Å². The molecule has 2 atom stereocenters. The fraction of sp³-hybridized carbons (Fsp3) is 0.682. The first-order valence-corrected chi connectivity index (χ1v) is 10.0. The zero-order valence-electron chi connectivity index (χ0n) is 18.3. The molecule has 28 heavy (non-hydrogen) atoms.